The van der Waals surface area contributed by atoms with E-state index in [4.69, 9.17) is 10.6 Å². The van der Waals surface area contributed by atoms with Crippen LogP contribution in [0.1, 0.15) is 24.8 Å². The van der Waals surface area contributed by atoms with Gasteiger partial charge in [0.05, 0.1) is 11.4 Å². The van der Waals surface area contributed by atoms with Crippen LogP contribution in [0.15, 0.2) is 23.2 Å². The largest absolute Gasteiger partial charge is 0.357 e. The molecule has 3 rings (SSSR count). The molecule has 102 valence electrons. The summed E-state index contributed by atoms with van der Waals surface area (Å²) in [5.74, 6) is 5.22. The second-order valence-electron chi connectivity index (χ2n) is 4.73. The highest BCUT2D eigenvalue weighted by Gasteiger charge is 2.29. The van der Waals surface area contributed by atoms with Gasteiger partial charge in [0.1, 0.15) is 12.6 Å². The van der Waals surface area contributed by atoms with Crippen LogP contribution in [0.25, 0.3) is 0 Å². The van der Waals surface area contributed by atoms with Gasteiger partial charge in [-0.1, -0.05) is 6.07 Å². The molecule has 6 nitrogen and oxygen atoms in total. The molecule has 2 aliphatic rings. The fourth-order valence-electron chi connectivity index (χ4n) is 2.63. The minimum Gasteiger partial charge on any atom is -0.357 e. The molecule has 19 heavy (non-hydrogen) atoms. The standard InChI is InChI=1S/C13H19N5O/c14-16-9-15-11-4-3-5-12-10(11)8-17-18(12)13-6-1-2-7-19-13/h3-5,9,13,17H,1-2,6-8,14H2,(H,15,16). The summed E-state index contributed by atoms with van der Waals surface area (Å²) >= 11 is 0. The van der Waals surface area contributed by atoms with Crippen LogP contribution < -0.4 is 21.7 Å². The Balaban J connectivity index is 1.85. The molecule has 1 atom stereocenters. The number of hydrogen-bond donors (Lipinski definition) is 3. The Morgan fingerprint density at radius 2 is 2.42 bits per heavy atom. The number of ether oxygens (including phenoxy) is 1. The van der Waals surface area contributed by atoms with Gasteiger partial charge in [0.2, 0.25) is 0 Å². The van der Waals surface area contributed by atoms with Crippen molar-refractivity contribution < 1.29 is 4.74 Å². The molecule has 0 saturated carbocycles. The van der Waals surface area contributed by atoms with Gasteiger partial charge in [-0.15, -0.1) is 0 Å². The van der Waals surface area contributed by atoms with Crippen LogP contribution in [0.3, 0.4) is 0 Å². The predicted molar refractivity (Wildman–Crippen MR) is 74.8 cm³/mol. The monoisotopic (exact) mass is 261 g/mol. The van der Waals surface area contributed by atoms with Crippen LogP contribution in [0.2, 0.25) is 0 Å². The summed E-state index contributed by atoms with van der Waals surface area (Å²) in [5.41, 5.74) is 9.09. The Morgan fingerprint density at radius 3 is 3.21 bits per heavy atom. The van der Waals surface area contributed by atoms with Crippen LogP contribution in [-0.2, 0) is 11.3 Å². The molecule has 0 amide bonds. The van der Waals surface area contributed by atoms with E-state index in [1.807, 2.05) is 12.1 Å². The zero-order valence-electron chi connectivity index (χ0n) is 10.8. The van der Waals surface area contributed by atoms with Gasteiger partial charge in [-0.2, -0.15) is 0 Å². The summed E-state index contributed by atoms with van der Waals surface area (Å²) < 4.78 is 5.83. The number of aliphatic imine (C=N–C) groups is 1. The molecule has 1 aromatic rings. The summed E-state index contributed by atoms with van der Waals surface area (Å²) in [6.07, 6.45) is 5.05. The molecule has 4 N–H and O–H groups in total. The molecule has 2 aliphatic heterocycles. The number of rotatable bonds is 3. The topological polar surface area (TPSA) is 74.9 Å². The fourth-order valence-corrected chi connectivity index (χ4v) is 2.63. The summed E-state index contributed by atoms with van der Waals surface area (Å²) in [4.78, 5) is 4.31. The van der Waals surface area contributed by atoms with Gasteiger partial charge < -0.3 is 10.2 Å². The van der Waals surface area contributed by atoms with Crippen LogP contribution in [-0.4, -0.2) is 19.2 Å². The first-order valence-corrected chi connectivity index (χ1v) is 6.65. The first-order valence-electron chi connectivity index (χ1n) is 6.65. The first kappa shape index (κ1) is 12.4. The molecule has 0 bridgehead atoms. The van der Waals surface area contributed by atoms with E-state index < -0.39 is 0 Å². The lowest BCUT2D eigenvalue weighted by atomic mass is 10.1. The number of hydrazine groups is 2. The molecule has 0 aliphatic carbocycles. The Hall–Kier alpha value is -1.63. The maximum Gasteiger partial charge on any atom is 0.144 e. The van der Waals surface area contributed by atoms with Crippen LogP contribution in [0.5, 0.6) is 0 Å². The zero-order valence-corrected chi connectivity index (χ0v) is 10.8. The maximum atomic E-state index is 5.83. The molecule has 2 heterocycles. The van der Waals surface area contributed by atoms with E-state index in [2.05, 4.69) is 26.9 Å². The van der Waals surface area contributed by atoms with Gasteiger partial charge in [-0.3, -0.25) is 5.01 Å². The first-order chi connectivity index (χ1) is 9.40. The Bertz CT molecular complexity index is 470. The summed E-state index contributed by atoms with van der Waals surface area (Å²) in [6, 6.07) is 6.09. The third kappa shape index (κ3) is 2.42. The van der Waals surface area contributed by atoms with Gasteiger partial charge >= 0.3 is 0 Å². The molecule has 0 spiro atoms. The Kier molecular flexibility index (Phi) is 3.63. The van der Waals surface area contributed by atoms with Crippen molar-refractivity contribution in [3.05, 3.63) is 23.8 Å². The zero-order chi connectivity index (χ0) is 13.1. The van der Waals surface area contributed by atoms with Crippen molar-refractivity contribution in [2.24, 2.45) is 10.8 Å². The lowest BCUT2D eigenvalue weighted by Gasteiger charge is -2.32. The number of benzene rings is 1. The van der Waals surface area contributed by atoms with E-state index in [1.54, 1.807) is 0 Å². The molecular formula is C13H19N5O. The third-order valence-electron chi connectivity index (χ3n) is 3.53. The Morgan fingerprint density at radius 1 is 1.47 bits per heavy atom. The van der Waals surface area contributed by atoms with E-state index in [9.17, 15) is 0 Å². The molecule has 1 saturated heterocycles. The molecule has 1 aromatic carbocycles. The minimum absolute atomic E-state index is 0.127. The normalized spacial score (nSPS) is 22.8. The second kappa shape index (κ2) is 5.56. The highest BCUT2D eigenvalue weighted by atomic mass is 16.5. The van der Waals surface area contributed by atoms with E-state index in [0.717, 1.165) is 37.4 Å². The summed E-state index contributed by atoms with van der Waals surface area (Å²) in [7, 11) is 0. The van der Waals surface area contributed by atoms with Crippen molar-refractivity contribution in [3.63, 3.8) is 0 Å². The highest BCUT2D eigenvalue weighted by Crippen LogP contribution is 2.35. The van der Waals surface area contributed by atoms with Crippen LogP contribution in [0.4, 0.5) is 11.4 Å². The smallest absolute Gasteiger partial charge is 0.144 e. The molecule has 6 heteroatoms. The lowest BCUT2D eigenvalue weighted by Crippen LogP contribution is -2.44. The fraction of sp³-hybridized carbons (Fsp3) is 0.462. The number of fused-ring (bicyclic) bond motifs is 1. The number of hydrogen-bond acceptors (Lipinski definition) is 5. The van der Waals surface area contributed by atoms with Crippen molar-refractivity contribution in [2.75, 3.05) is 11.6 Å². The van der Waals surface area contributed by atoms with Crippen molar-refractivity contribution in [1.29, 1.82) is 0 Å². The van der Waals surface area contributed by atoms with Crippen LogP contribution >= 0.6 is 0 Å². The Labute approximate surface area is 112 Å². The number of nitrogens with two attached hydrogens (primary N) is 1. The number of nitrogens with zero attached hydrogens (tertiary/aromatic N) is 2. The predicted octanol–water partition coefficient (Wildman–Crippen LogP) is 1.16. The lowest BCUT2D eigenvalue weighted by molar-refractivity contribution is 0.00928. The molecule has 0 radical (unpaired) electrons. The van der Waals surface area contributed by atoms with Crippen molar-refractivity contribution in [1.82, 2.24) is 10.9 Å². The van der Waals surface area contributed by atoms with Gasteiger partial charge in [-0.05, 0) is 31.4 Å². The SMILES string of the molecule is NNC=Nc1cccc2c1CNN2C1CCCCO1. The van der Waals surface area contributed by atoms with E-state index >= 15 is 0 Å². The van der Waals surface area contributed by atoms with Crippen molar-refractivity contribution in [3.8, 4) is 0 Å². The highest BCUT2D eigenvalue weighted by molar-refractivity contribution is 5.70. The molecule has 1 unspecified atom stereocenters. The quantitative estimate of drug-likeness (QED) is 0.329. The molecule has 0 aromatic heterocycles. The van der Waals surface area contributed by atoms with Gasteiger partial charge in [-0.25, -0.2) is 16.3 Å². The summed E-state index contributed by atoms with van der Waals surface area (Å²) in [5, 5.41) is 2.13. The average molecular weight is 261 g/mol. The van der Waals surface area contributed by atoms with Crippen molar-refractivity contribution >= 4 is 17.7 Å². The van der Waals surface area contributed by atoms with E-state index in [0.29, 0.717) is 0 Å². The number of anilines is 1. The second-order valence-corrected chi connectivity index (χ2v) is 4.73. The third-order valence-corrected chi connectivity index (χ3v) is 3.53. The molecule has 1 fully saturated rings. The van der Waals surface area contributed by atoms with E-state index in [-0.39, 0.29) is 6.23 Å². The molecular weight excluding hydrogens is 242 g/mol. The van der Waals surface area contributed by atoms with Gasteiger partial charge in [0, 0.05) is 18.7 Å². The van der Waals surface area contributed by atoms with Crippen LogP contribution in [0, 0.1) is 0 Å². The van der Waals surface area contributed by atoms with Gasteiger partial charge in [0.15, 0.2) is 0 Å². The van der Waals surface area contributed by atoms with Crippen molar-refractivity contribution in [2.45, 2.75) is 32.0 Å². The van der Waals surface area contributed by atoms with E-state index in [1.165, 1.54) is 18.3 Å². The number of nitrogens with one attached hydrogen (secondary N) is 2. The summed E-state index contributed by atoms with van der Waals surface area (Å²) in [6.45, 7) is 1.61. The van der Waals surface area contributed by atoms with Gasteiger partial charge in [0.25, 0.3) is 0 Å². The minimum atomic E-state index is 0.127. The average Bonchev–Trinajstić information content (AvgIpc) is 2.90. The maximum absolute atomic E-state index is 5.83.